The van der Waals surface area contributed by atoms with E-state index in [9.17, 15) is 9.59 Å². The molecule has 0 N–H and O–H groups in total. The van der Waals surface area contributed by atoms with E-state index in [1.807, 2.05) is 12.1 Å². The second-order valence-electron chi connectivity index (χ2n) is 5.66. The average molecular weight is 307 g/mol. The number of hydrogen-bond acceptors (Lipinski definition) is 5. The van der Waals surface area contributed by atoms with Gasteiger partial charge in [0.2, 0.25) is 5.91 Å². The van der Waals surface area contributed by atoms with Crippen molar-refractivity contribution in [1.82, 2.24) is 4.90 Å². The van der Waals surface area contributed by atoms with E-state index in [1.54, 1.807) is 32.1 Å². The highest BCUT2D eigenvalue weighted by Crippen LogP contribution is 2.34. The van der Waals surface area contributed by atoms with Crippen molar-refractivity contribution in [2.45, 2.75) is 19.9 Å². The molecule has 1 aromatic rings. The third kappa shape index (κ3) is 3.00. The summed E-state index contributed by atoms with van der Waals surface area (Å²) < 4.78 is 15.3. The van der Waals surface area contributed by atoms with Gasteiger partial charge in [0.15, 0.2) is 0 Å². The standard InChI is InChI=1S/C16H21NO5/c1-16(15(19)22-4)8-14(18)17(10-16)9-11-5-6-12(20-2)7-13(11)21-3/h5-7H,8-10H2,1-4H3. The zero-order valence-electron chi connectivity index (χ0n) is 13.3. The van der Waals surface area contributed by atoms with Gasteiger partial charge in [-0.1, -0.05) is 0 Å². The first kappa shape index (κ1) is 16.1. The van der Waals surface area contributed by atoms with Crippen molar-refractivity contribution < 1.29 is 23.8 Å². The molecule has 1 amide bonds. The molecule has 1 atom stereocenters. The molecule has 1 heterocycles. The van der Waals surface area contributed by atoms with Gasteiger partial charge in [0.25, 0.3) is 0 Å². The minimum Gasteiger partial charge on any atom is -0.497 e. The predicted octanol–water partition coefficient (Wildman–Crippen LogP) is 1.62. The van der Waals surface area contributed by atoms with Crippen LogP contribution in [0.25, 0.3) is 0 Å². The normalized spacial score (nSPS) is 20.9. The third-order valence-corrected chi connectivity index (χ3v) is 3.97. The highest BCUT2D eigenvalue weighted by Gasteiger charge is 2.46. The number of amides is 1. The molecule has 1 aliphatic rings. The number of benzene rings is 1. The molecule has 1 unspecified atom stereocenters. The van der Waals surface area contributed by atoms with Crippen molar-refractivity contribution in [3.8, 4) is 11.5 Å². The van der Waals surface area contributed by atoms with E-state index >= 15 is 0 Å². The lowest BCUT2D eigenvalue weighted by Crippen LogP contribution is -2.33. The lowest BCUT2D eigenvalue weighted by Gasteiger charge is -2.22. The van der Waals surface area contributed by atoms with Gasteiger partial charge in [0.05, 0.1) is 26.7 Å². The maximum atomic E-state index is 12.2. The van der Waals surface area contributed by atoms with E-state index in [4.69, 9.17) is 14.2 Å². The highest BCUT2D eigenvalue weighted by molar-refractivity contribution is 5.89. The molecule has 0 saturated carbocycles. The van der Waals surface area contributed by atoms with Gasteiger partial charge in [-0.2, -0.15) is 0 Å². The first-order valence-electron chi connectivity index (χ1n) is 7.00. The summed E-state index contributed by atoms with van der Waals surface area (Å²) in [6.07, 6.45) is 0.165. The van der Waals surface area contributed by atoms with E-state index in [0.717, 1.165) is 5.56 Å². The quantitative estimate of drug-likeness (QED) is 0.773. The minimum absolute atomic E-state index is 0.0641. The molecule has 6 heteroatoms. The summed E-state index contributed by atoms with van der Waals surface area (Å²) in [6.45, 7) is 2.48. The number of likely N-dealkylation sites (tertiary alicyclic amines) is 1. The summed E-state index contributed by atoms with van der Waals surface area (Å²) in [5, 5.41) is 0. The van der Waals surface area contributed by atoms with Crippen LogP contribution in [0.3, 0.4) is 0 Å². The summed E-state index contributed by atoms with van der Waals surface area (Å²) in [7, 11) is 4.50. The molecular formula is C16H21NO5. The van der Waals surface area contributed by atoms with Crippen molar-refractivity contribution in [3.05, 3.63) is 23.8 Å². The van der Waals surface area contributed by atoms with Crippen LogP contribution in [0.15, 0.2) is 18.2 Å². The summed E-state index contributed by atoms with van der Waals surface area (Å²) in [4.78, 5) is 25.7. The number of nitrogens with zero attached hydrogens (tertiary/aromatic N) is 1. The van der Waals surface area contributed by atoms with Gasteiger partial charge in [0, 0.05) is 31.1 Å². The average Bonchev–Trinajstić information content (AvgIpc) is 2.82. The van der Waals surface area contributed by atoms with Gasteiger partial charge in [-0.25, -0.2) is 0 Å². The van der Waals surface area contributed by atoms with E-state index in [2.05, 4.69) is 0 Å². The number of ether oxygens (including phenoxy) is 3. The van der Waals surface area contributed by atoms with Gasteiger partial charge >= 0.3 is 5.97 Å². The Kier molecular flexibility index (Phi) is 4.59. The maximum absolute atomic E-state index is 12.2. The van der Waals surface area contributed by atoms with Crippen molar-refractivity contribution in [3.63, 3.8) is 0 Å². The number of carbonyl (C=O) groups is 2. The number of hydrogen-bond donors (Lipinski definition) is 0. The Morgan fingerprint density at radius 2 is 2.00 bits per heavy atom. The number of esters is 1. The Bertz CT molecular complexity index is 586. The van der Waals surface area contributed by atoms with Crippen LogP contribution in [0, 0.1) is 5.41 Å². The summed E-state index contributed by atoms with van der Waals surface area (Å²) in [5.74, 6) is 0.919. The Morgan fingerprint density at radius 1 is 1.27 bits per heavy atom. The van der Waals surface area contributed by atoms with Crippen LogP contribution in [0.5, 0.6) is 11.5 Å². The fourth-order valence-electron chi connectivity index (χ4n) is 2.73. The van der Waals surface area contributed by atoms with Crippen LogP contribution in [0.1, 0.15) is 18.9 Å². The molecule has 120 valence electrons. The zero-order valence-corrected chi connectivity index (χ0v) is 13.3. The van der Waals surface area contributed by atoms with Crippen LogP contribution in [-0.2, 0) is 20.9 Å². The van der Waals surface area contributed by atoms with Gasteiger partial charge in [-0.3, -0.25) is 9.59 Å². The van der Waals surface area contributed by atoms with Crippen LogP contribution in [-0.4, -0.2) is 44.7 Å². The van der Waals surface area contributed by atoms with E-state index in [1.165, 1.54) is 7.11 Å². The minimum atomic E-state index is -0.786. The first-order chi connectivity index (χ1) is 10.4. The Hall–Kier alpha value is -2.24. The van der Waals surface area contributed by atoms with Gasteiger partial charge in [-0.05, 0) is 19.1 Å². The number of carbonyl (C=O) groups excluding carboxylic acids is 2. The number of rotatable bonds is 5. The topological polar surface area (TPSA) is 65.1 Å². The predicted molar refractivity (Wildman–Crippen MR) is 79.7 cm³/mol. The molecular weight excluding hydrogens is 286 g/mol. The molecule has 1 saturated heterocycles. The van der Waals surface area contributed by atoms with Crippen LogP contribution in [0.4, 0.5) is 0 Å². The van der Waals surface area contributed by atoms with Gasteiger partial charge in [0.1, 0.15) is 11.5 Å². The monoisotopic (exact) mass is 307 g/mol. The van der Waals surface area contributed by atoms with Gasteiger partial charge in [-0.15, -0.1) is 0 Å². The van der Waals surface area contributed by atoms with Crippen LogP contribution in [0.2, 0.25) is 0 Å². The fourth-order valence-corrected chi connectivity index (χ4v) is 2.73. The summed E-state index contributed by atoms with van der Waals surface area (Å²) >= 11 is 0. The second kappa shape index (κ2) is 6.25. The molecule has 0 bridgehead atoms. The smallest absolute Gasteiger partial charge is 0.313 e. The van der Waals surface area contributed by atoms with Gasteiger partial charge < -0.3 is 19.1 Å². The zero-order chi connectivity index (χ0) is 16.3. The highest BCUT2D eigenvalue weighted by atomic mass is 16.5. The number of methoxy groups -OCH3 is 3. The van der Waals surface area contributed by atoms with E-state index < -0.39 is 5.41 Å². The molecule has 0 aliphatic carbocycles. The first-order valence-corrected chi connectivity index (χ1v) is 7.00. The Balaban J connectivity index is 2.18. The Labute approximate surface area is 129 Å². The fraction of sp³-hybridized carbons (Fsp3) is 0.500. The molecule has 0 radical (unpaired) electrons. The molecule has 0 spiro atoms. The van der Waals surface area contributed by atoms with Crippen molar-refractivity contribution >= 4 is 11.9 Å². The molecule has 1 aromatic carbocycles. The van der Waals surface area contributed by atoms with Crippen molar-refractivity contribution in [2.75, 3.05) is 27.9 Å². The lowest BCUT2D eigenvalue weighted by molar-refractivity contribution is -0.151. The molecule has 2 rings (SSSR count). The molecule has 22 heavy (non-hydrogen) atoms. The SMILES string of the molecule is COC(=O)C1(C)CC(=O)N(Cc2ccc(OC)cc2OC)C1. The Morgan fingerprint density at radius 3 is 2.59 bits per heavy atom. The maximum Gasteiger partial charge on any atom is 0.313 e. The van der Waals surface area contributed by atoms with Crippen LogP contribution >= 0.6 is 0 Å². The second-order valence-corrected chi connectivity index (χ2v) is 5.66. The lowest BCUT2D eigenvalue weighted by atomic mass is 9.90. The molecule has 6 nitrogen and oxygen atoms in total. The summed E-state index contributed by atoms with van der Waals surface area (Å²) in [6, 6.07) is 5.45. The summed E-state index contributed by atoms with van der Waals surface area (Å²) in [5.41, 5.74) is 0.0803. The molecule has 1 aliphatic heterocycles. The van der Waals surface area contributed by atoms with Crippen molar-refractivity contribution in [1.29, 1.82) is 0 Å². The van der Waals surface area contributed by atoms with E-state index in [-0.39, 0.29) is 18.3 Å². The third-order valence-electron chi connectivity index (χ3n) is 3.97. The van der Waals surface area contributed by atoms with Crippen molar-refractivity contribution in [2.24, 2.45) is 5.41 Å². The largest absolute Gasteiger partial charge is 0.497 e. The molecule has 0 aromatic heterocycles. The van der Waals surface area contributed by atoms with Crippen LogP contribution < -0.4 is 9.47 Å². The van der Waals surface area contributed by atoms with E-state index in [0.29, 0.717) is 24.6 Å². The molecule has 1 fully saturated rings.